The lowest BCUT2D eigenvalue weighted by molar-refractivity contribution is 0.597. The van der Waals surface area contributed by atoms with Crippen molar-refractivity contribution in [3.05, 3.63) is 45.0 Å². The van der Waals surface area contributed by atoms with E-state index in [-0.39, 0.29) is 10.2 Å². The van der Waals surface area contributed by atoms with Crippen LogP contribution in [-0.4, -0.2) is 17.8 Å². The van der Waals surface area contributed by atoms with E-state index in [1.165, 1.54) is 15.7 Å². The van der Waals surface area contributed by atoms with Gasteiger partial charge in [0.25, 0.3) is 10.0 Å². The Morgan fingerprint density at radius 1 is 1.38 bits per heavy atom. The first-order valence-corrected chi connectivity index (χ1v) is 9.31. The summed E-state index contributed by atoms with van der Waals surface area (Å²) in [7, 11) is -3.83. The maximum absolute atomic E-state index is 12.6. The molecular weight excluding hydrogens is 398 g/mol. The van der Waals surface area contributed by atoms with E-state index in [4.69, 9.17) is 11.6 Å². The van der Waals surface area contributed by atoms with E-state index in [1.54, 1.807) is 23.7 Å². The summed E-state index contributed by atoms with van der Waals surface area (Å²) in [5.41, 5.74) is 1.39. The summed E-state index contributed by atoms with van der Waals surface area (Å²) >= 11 is 10.6. The molecule has 0 saturated carbocycles. The van der Waals surface area contributed by atoms with Gasteiger partial charge in [-0.15, -0.1) is 11.3 Å². The number of aryl methyl sites for hydroxylation is 1. The van der Waals surface area contributed by atoms with Gasteiger partial charge in [0, 0.05) is 16.0 Å². The molecule has 0 aliphatic rings. The molecule has 1 N–H and O–H groups in total. The smallest absolute Gasteiger partial charge is 0.278 e. The Bertz CT molecular complexity index is 913. The van der Waals surface area contributed by atoms with Crippen LogP contribution in [0.1, 0.15) is 5.56 Å². The molecular formula is C12H9BrClN3O2S2. The largest absolute Gasteiger partial charge is 0.281 e. The number of aromatic nitrogens is 2. The second kappa shape index (κ2) is 5.28. The van der Waals surface area contributed by atoms with Crippen molar-refractivity contribution in [3.8, 4) is 0 Å². The highest BCUT2D eigenvalue weighted by Crippen LogP contribution is 2.28. The molecule has 3 rings (SSSR count). The van der Waals surface area contributed by atoms with Crippen molar-refractivity contribution in [2.75, 3.05) is 4.72 Å². The van der Waals surface area contributed by atoms with Crippen molar-refractivity contribution in [1.29, 1.82) is 0 Å². The minimum atomic E-state index is -3.83. The van der Waals surface area contributed by atoms with E-state index in [0.29, 0.717) is 10.6 Å². The minimum absolute atomic E-state index is 0.0407. The van der Waals surface area contributed by atoms with Gasteiger partial charge in [-0.1, -0.05) is 27.5 Å². The molecule has 0 radical (unpaired) electrons. The van der Waals surface area contributed by atoms with Crippen LogP contribution >= 0.6 is 38.9 Å². The molecule has 3 aromatic rings. The van der Waals surface area contributed by atoms with Gasteiger partial charge < -0.3 is 0 Å². The fraction of sp³-hybridized carbons (Fsp3) is 0.0833. The van der Waals surface area contributed by atoms with Gasteiger partial charge in [-0.3, -0.25) is 9.12 Å². The van der Waals surface area contributed by atoms with Crippen molar-refractivity contribution in [3.63, 3.8) is 0 Å². The second-order valence-electron chi connectivity index (χ2n) is 4.39. The number of benzene rings is 1. The molecule has 0 spiro atoms. The summed E-state index contributed by atoms with van der Waals surface area (Å²) in [6.07, 6.45) is 1.62. The zero-order chi connectivity index (χ0) is 15.2. The molecule has 2 heterocycles. The van der Waals surface area contributed by atoms with Crippen LogP contribution in [0.5, 0.6) is 0 Å². The normalized spacial score (nSPS) is 12.0. The maximum Gasteiger partial charge on any atom is 0.281 e. The lowest BCUT2D eigenvalue weighted by Gasteiger charge is -2.09. The summed E-state index contributed by atoms with van der Waals surface area (Å²) in [6.45, 7) is 1.88. The molecule has 0 unspecified atom stereocenters. The summed E-state index contributed by atoms with van der Waals surface area (Å²) in [5.74, 6) is 0. The zero-order valence-electron chi connectivity index (χ0n) is 10.7. The molecule has 110 valence electrons. The van der Waals surface area contributed by atoms with Crippen LogP contribution in [0.25, 0.3) is 4.96 Å². The van der Waals surface area contributed by atoms with Crippen LogP contribution in [0.15, 0.2) is 39.3 Å². The van der Waals surface area contributed by atoms with E-state index in [1.807, 2.05) is 13.0 Å². The third-order valence-corrected chi connectivity index (χ3v) is 5.72. The first-order valence-electron chi connectivity index (χ1n) is 5.78. The molecule has 2 aromatic heterocycles. The first kappa shape index (κ1) is 14.8. The number of halogens is 2. The third kappa shape index (κ3) is 2.80. The highest BCUT2D eigenvalue weighted by Gasteiger charge is 2.25. The number of fused-ring (bicyclic) bond motifs is 1. The van der Waals surface area contributed by atoms with Crippen molar-refractivity contribution < 1.29 is 8.42 Å². The van der Waals surface area contributed by atoms with Gasteiger partial charge in [0.1, 0.15) is 0 Å². The number of rotatable bonds is 3. The van der Waals surface area contributed by atoms with Crippen molar-refractivity contribution in [2.45, 2.75) is 11.9 Å². The van der Waals surface area contributed by atoms with Crippen LogP contribution in [0, 0.1) is 6.92 Å². The summed E-state index contributed by atoms with van der Waals surface area (Å²) in [6, 6.07) is 5.31. The van der Waals surface area contributed by atoms with Crippen molar-refractivity contribution in [1.82, 2.24) is 9.38 Å². The maximum atomic E-state index is 12.6. The van der Waals surface area contributed by atoms with Gasteiger partial charge in [-0.25, -0.2) is 4.98 Å². The fourth-order valence-corrected chi connectivity index (χ4v) is 5.08. The van der Waals surface area contributed by atoms with Crippen LogP contribution in [0.4, 0.5) is 5.69 Å². The number of nitrogens with one attached hydrogen (secondary N) is 1. The third-order valence-electron chi connectivity index (χ3n) is 2.73. The van der Waals surface area contributed by atoms with E-state index in [0.717, 1.165) is 10.0 Å². The predicted molar refractivity (Wildman–Crippen MR) is 87.8 cm³/mol. The lowest BCUT2D eigenvalue weighted by Crippen LogP contribution is -2.15. The van der Waals surface area contributed by atoms with Gasteiger partial charge in [-0.05, 0) is 30.7 Å². The molecule has 5 nitrogen and oxygen atoms in total. The average Bonchev–Trinajstić information content (AvgIpc) is 2.85. The zero-order valence-corrected chi connectivity index (χ0v) is 14.6. The Morgan fingerprint density at radius 3 is 2.86 bits per heavy atom. The number of hydrogen-bond donors (Lipinski definition) is 1. The Kier molecular flexibility index (Phi) is 3.73. The van der Waals surface area contributed by atoms with Crippen LogP contribution in [-0.2, 0) is 10.0 Å². The summed E-state index contributed by atoms with van der Waals surface area (Å²) in [5, 5.41) is 1.65. The quantitative estimate of drug-likeness (QED) is 0.717. The molecule has 0 saturated heterocycles. The molecule has 0 aliphatic carbocycles. The molecule has 0 aliphatic heterocycles. The summed E-state index contributed by atoms with van der Waals surface area (Å²) in [4.78, 5) is 4.57. The minimum Gasteiger partial charge on any atom is -0.278 e. The average molecular weight is 407 g/mol. The fourth-order valence-electron chi connectivity index (χ4n) is 1.98. The number of nitrogens with zero attached hydrogens (tertiary/aromatic N) is 2. The van der Waals surface area contributed by atoms with Crippen LogP contribution in [0.3, 0.4) is 0 Å². The molecule has 0 amide bonds. The number of thiazole rings is 1. The Morgan fingerprint density at radius 2 is 2.14 bits per heavy atom. The molecule has 0 atom stereocenters. The van der Waals surface area contributed by atoms with Gasteiger partial charge in [0.15, 0.2) is 15.1 Å². The molecule has 0 bridgehead atoms. The van der Waals surface area contributed by atoms with Crippen molar-refractivity contribution >= 4 is 59.5 Å². The standard InChI is InChI=1S/C12H9BrClN3O2S2/c1-7-4-8(13)6-9(5-7)16-21(18,19)11-10(14)15-12-17(11)2-3-20-12/h2-6,16H,1H3. The van der Waals surface area contributed by atoms with Gasteiger partial charge in [0.2, 0.25) is 0 Å². The van der Waals surface area contributed by atoms with Crippen LogP contribution in [0.2, 0.25) is 5.15 Å². The highest BCUT2D eigenvalue weighted by atomic mass is 79.9. The molecule has 1 aromatic carbocycles. The Hall–Kier alpha value is -1.09. The highest BCUT2D eigenvalue weighted by molar-refractivity contribution is 9.10. The molecule has 9 heteroatoms. The molecule has 0 fully saturated rings. The van der Waals surface area contributed by atoms with Gasteiger partial charge in [0.05, 0.1) is 5.69 Å². The Balaban J connectivity index is 2.08. The van der Waals surface area contributed by atoms with Crippen molar-refractivity contribution in [2.24, 2.45) is 0 Å². The number of anilines is 1. The van der Waals surface area contributed by atoms with Gasteiger partial charge in [-0.2, -0.15) is 8.42 Å². The lowest BCUT2D eigenvalue weighted by atomic mass is 10.2. The number of imidazole rings is 1. The van der Waals surface area contributed by atoms with E-state index in [9.17, 15) is 8.42 Å². The summed E-state index contributed by atoms with van der Waals surface area (Å²) < 4.78 is 29.9. The first-order chi connectivity index (χ1) is 9.87. The van der Waals surface area contributed by atoms with E-state index >= 15 is 0 Å². The second-order valence-corrected chi connectivity index (χ2v) is 8.13. The SMILES string of the molecule is Cc1cc(Br)cc(NS(=O)(=O)c2c(Cl)nc3sccn23)c1. The monoisotopic (exact) mass is 405 g/mol. The van der Waals surface area contributed by atoms with E-state index in [2.05, 4.69) is 25.6 Å². The molecule has 21 heavy (non-hydrogen) atoms. The topological polar surface area (TPSA) is 63.5 Å². The number of hydrogen-bond acceptors (Lipinski definition) is 4. The van der Waals surface area contributed by atoms with E-state index < -0.39 is 10.0 Å². The Labute approximate surface area is 138 Å². The predicted octanol–water partition coefficient (Wildman–Crippen LogP) is 3.92. The van der Waals surface area contributed by atoms with Crippen LogP contribution < -0.4 is 4.72 Å². The number of sulfonamides is 1. The van der Waals surface area contributed by atoms with Gasteiger partial charge >= 0.3 is 0 Å².